The maximum atomic E-state index is 11.6. The van der Waals surface area contributed by atoms with Crippen LogP contribution in [0.1, 0.15) is 30.9 Å². The lowest BCUT2D eigenvalue weighted by atomic mass is 10.1. The SMILES string of the molecule is Cc1cccc(C=CC(=O)CC(=O)OC(C)CC#N)c1. The normalized spacial score (nSPS) is 11.8. The molecule has 0 saturated carbocycles. The van der Waals surface area contributed by atoms with E-state index in [1.165, 1.54) is 6.08 Å². The van der Waals surface area contributed by atoms with Gasteiger partial charge in [0.2, 0.25) is 0 Å². The molecule has 4 heteroatoms. The van der Waals surface area contributed by atoms with Crippen LogP contribution < -0.4 is 0 Å². The van der Waals surface area contributed by atoms with E-state index in [4.69, 9.17) is 10.00 Å². The molecular formula is C16H17NO3. The molecule has 0 fully saturated rings. The molecule has 0 amide bonds. The Morgan fingerprint density at radius 2 is 2.20 bits per heavy atom. The number of aryl methyl sites for hydroxylation is 1. The van der Waals surface area contributed by atoms with Gasteiger partial charge in [-0.3, -0.25) is 9.59 Å². The number of nitriles is 1. The maximum Gasteiger partial charge on any atom is 0.313 e. The summed E-state index contributed by atoms with van der Waals surface area (Å²) in [5, 5.41) is 8.44. The summed E-state index contributed by atoms with van der Waals surface area (Å²) < 4.78 is 4.92. The first-order valence-electron chi connectivity index (χ1n) is 6.35. The van der Waals surface area contributed by atoms with Crippen LogP contribution in [0.2, 0.25) is 0 Å². The molecule has 1 unspecified atom stereocenters. The number of benzene rings is 1. The molecule has 0 aliphatic rings. The van der Waals surface area contributed by atoms with Crippen molar-refractivity contribution in [2.24, 2.45) is 0 Å². The van der Waals surface area contributed by atoms with Crippen molar-refractivity contribution in [3.05, 3.63) is 41.5 Å². The van der Waals surface area contributed by atoms with Gasteiger partial charge in [-0.05, 0) is 25.5 Å². The topological polar surface area (TPSA) is 67.2 Å². The van der Waals surface area contributed by atoms with Gasteiger partial charge < -0.3 is 4.74 Å². The van der Waals surface area contributed by atoms with E-state index in [9.17, 15) is 9.59 Å². The van der Waals surface area contributed by atoms with E-state index < -0.39 is 12.1 Å². The van der Waals surface area contributed by atoms with Gasteiger partial charge >= 0.3 is 5.97 Å². The van der Waals surface area contributed by atoms with Gasteiger partial charge in [-0.2, -0.15) is 5.26 Å². The average Bonchev–Trinajstić information content (AvgIpc) is 2.36. The molecule has 20 heavy (non-hydrogen) atoms. The molecular weight excluding hydrogens is 254 g/mol. The number of hydrogen-bond acceptors (Lipinski definition) is 4. The summed E-state index contributed by atoms with van der Waals surface area (Å²) in [6, 6.07) is 9.59. The monoisotopic (exact) mass is 271 g/mol. The predicted molar refractivity (Wildman–Crippen MR) is 75.6 cm³/mol. The lowest BCUT2D eigenvalue weighted by Gasteiger charge is -2.08. The smallest absolute Gasteiger partial charge is 0.313 e. The van der Waals surface area contributed by atoms with Crippen molar-refractivity contribution < 1.29 is 14.3 Å². The van der Waals surface area contributed by atoms with Crippen LogP contribution in [-0.4, -0.2) is 17.9 Å². The molecule has 0 saturated heterocycles. The van der Waals surface area contributed by atoms with Gasteiger partial charge in [-0.1, -0.05) is 35.9 Å². The van der Waals surface area contributed by atoms with E-state index >= 15 is 0 Å². The van der Waals surface area contributed by atoms with Crippen LogP contribution in [0.25, 0.3) is 6.08 Å². The van der Waals surface area contributed by atoms with Crippen LogP contribution in [0.3, 0.4) is 0 Å². The highest BCUT2D eigenvalue weighted by Crippen LogP contribution is 2.06. The van der Waals surface area contributed by atoms with Crippen molar-refractivity contribution in [1.82, 2.24) is 0 Å². The van der Waals surface area contributed by atoms with Crippen LogP contribution in [0.4, 0.5) is 0 Å². The van der Waals surface area contributed by atoms with Crippen LogP contribution in [0.15, 0.2) is 30.3 Å². The van der Waals surface area contributed by atoms with E-state index in [0.29, 0.717) is 0 Å². The fraction of sp³-hybridized carbons (Fsp3) is 0.312. The summed E-state index contributed by atoms with van der Waals surface area (Å²) in [7, 11) is 0. The number of carbonyl (C=O) groups excluding carboxylic acids is 2. The van der Waals surface area contributed by atoms with Gasteiger partial charge in [0.25, 0.3) is 0 Å². The lowest BCUT2D eigenvalue weighted by Crippen LogP contribution is -2.16. The van der Waals surface area contributed by atoms with Crippen LogP contribution >= 0.6 is 0 Å². The first-order chi connectivity index (χ1) is 9.51. The Kier molecular flexibility index (Phi) is 6.18. The Hall–Kier alpha value is -2.41. The predicted octanol–water partition coefficient (Wildman–Crippen LogP) is 2.81. The molecule has 0 N–H and O–H groups in total. The highest BCUT2D eigenvalue weighted by molar-refractivity contribution is 6.03. The molecule has 0 radical (unpaired) electrons. The van der Waals surface area contributed by atoms with Crippen LogP contribution in [-0.2, 0) is 14.3 Å². The Morgan fingerprint density at radius 3 is 2.85 bits per heavy atom. The summed E-state index contributed by atoms with van der Waals surface area (Å²) >= 11 is 0. The fourth-order valence-electron chi connectivity index (χ4n) is 1.60. The summed E-state index contributed by atoms with van der Waals surface area (Å²) in [6.07, 6.45) is 2.37. The number of carbonyl (C=O) groups is 2. The second kappa shape index (κ2) is 7.90. The Labute approximate surface area is 118 Å². The first kappa shape index (κ1) is 15.6. The minimum atomic E-state index is -0.605. The molecule has 0 aromatic heterocycles. The number of ether oxygens (including phenoxy) is 1. The number of hydrogen-bond donors (Lipinski definition) is 0. The summed E-state index contributed by atoms with van der Waals surface area (Å²) in [4.78, 5) is 23.0. The second-order valence-electron chi connectivity index (χ2n) is 4.55. The largest absolute Gasteiger partial charge is 0.461 e. The van der Waals surface area contributed by atoms with E-state index in [-0.39, 0.29) is 18.6 Å². The highest BCUT2D eigenvalue weighted by Gasteiger charge is 2.12. The lowest BCUT2D eigenvalue weighted by molar-refractivity contribution is -0.149. The van der Waals surface area contributed by atoms with Crippen molar-refractivity contribution >= 4 is 17.8 Å². The molecule has 1 aromatic rings. The second-order valence-corrected chi connectivity index (χ2v) is 4.55. The Bertz CT molecular complexity index is 555. The zero-order chi connectivity index (χ0) is 15.0. The van der Waals surface area contributed by atoms with E-state index in [0.717, 1.165) is 11.1 Å². The molecule has 0 bridgehead atoms. The van der Waals surface area contributed by atoms with Crippen molar-refractivity contribution in [3.63, 3.8) is 0 Å². The van der Waals surface area contributed by atoms with Gasteiger partial charge in [0, 0.05) is 0 Å². The van der Waals surface area contributed by atoms with Crippen LogP contribution in [0, 0.1) is 18.3 Å². The molecule has 0 heterocycles. The van der Waals surface area contributed by atoms with Gasteiger partial charge in [-0.25, -0.2) is 0 Å². The summed E-state index contributed by atoms with van der Waals surface area (Å²) in [6.45, 7) is 3.58. The van der Waals surface area contributed by atoms with E-state index in [1.54, 1.807) is 13.0 Å². The van der Waals surface area contributed by atoms with Crippen LogP contribution in [0.5, 0.6) is 0 Å². The van der Waals surface area contributed by atoms with Gasteiger partial charge in [-0.15, -0.1) is 0 Å². The number of allylic oxidation sites excluding steroid dienone is 1. The molecule has 4 nitrogen and oxygen atoms in total. The molecule has 0 spiro atoms. The summed E-state index contributed by atoms with van der Waals surface area (Å²) in [5.74, 6) is -0.924. The molecule has 1 atom stereocenters. The third-order valence-corrected chi connectivity index (χ3v) is 2.53. The quantitative estimate of drug-likeness (QED) is 0.453. The Balaban J connectivity index is 2.47. The zero-order valence-corrected chi connectivity index (χ0v) is 11.6. The maximum absolute atomic E-state index is 11.6. The first-order valence-corrected chi connectivity index (χ1v) is 6.35. The van der Waals surface area contributed by atoms with Crippen molar-refractivity contribution in [2.45, 2.75) is 32.8 Å². The number of rotatable bonds is 6. The molecule has 0 aliphatic heterocycles. The van der Waals surface area contributed by atoms with Gasteiger partial charge in [0.1, 0.15) is 12.5 Å². The molecule has 1 aromatic carbocycles. The molecule has 1 rings (SSSR count). The third kappa shape index (κ3) is 5.96. The van der Waals surface area contributed by atoms with Gasteiger partial charge in [0.15, 0.2) is 5.78 Å². The fourth-order valence-corrected chi connectivity index (χ4v) is 1.60. The summed E-state index contributed by atoms with van der Waals surface area (Å²) in [5.41, 5.74) is 2.01. The standard InChI is InChI=1S/C16H17NO3/c1-12-4-3-5-14(10-12)6-7-15(18)11-16(19)20-13(2)8-9-17/h3-7,10,13H,8,11H2,1-2H3. The molecule has 0 aliphatic carbocycles. The van der Waals surface area contributed by atoms with Crippen molar-refractivity contribution in [1.29, 1.82) is 5.26 Å². The number of esters is 1. The third-order valence-electron chi connectivity index (χ3n) is 2.53. The van der Waals surface area contributed by atoms with E-state index in [1.807, 2.05) is 37.3 Å². The minimum absolute atomic E-state index is 0.124. The highest BCUT2D eigenvalue weighted by atomic mass is 16.5. The zero-order valence-electron chi connectivity index (χ0n) is 11.6. The minimum Gasteiger partial charge on any atom is -0.461 e. The number of ketones is 1. The van der Waals surface area contributed by atoms with Crippen molar-refractivity contribution in [2.75, 3.05) is 0 Å². The van der Waals surface area contributed by atoms with E-state index in [2.05, 4.69) is 0 Å². The van der Waals surface area contributed by atoms with Gasteiger partial charge in [0.05, 0.1) is 12.5 Å². The molecule has 104 valence electrons. The Morgan fingerprint density at radius 1 is 1.45 bits per heavy atom. The average molecular weight is 271 g/mol. The van der Waals surface area contributed by atoms with Crippen molar-refractivity contribution in [3.8, 4) is 6.07 Å². The number of nitrogens with zero attached hydrogens (tertiary/aromatic N) is 1.